The quantitative estimate of drug-likeness (QED) is 0.645. The van der Waals surface area contributed by atoms with E-state index < -0.39 is 0 Å². The van der Waals surface area contributed by atoms with Gasteiger partial charge < -0.3 is 10.3 Å². The molecule has 70 valence electrons. The van der Waals surface area contributed by atoms with E-state index in [4.69, 9.17) is 0 Å². The highest BCUT2D eigenvalue weighted by atomic mass is 16.1. The molecule has 4 nitrogen and oxygen atoms in total. The fraction of sp³-hybridized carbons (Fsp3) is 0.556. The summed E-state index contributed by atoms with van der Waals surface area (Å²) in [5.41, 5.74) is 1.88. The fourth-order valence-corrected chi connectivity index (χ4v) is 1.80. The van der Waals surface area contributed by atoms with Crippen LogP contribution in [0.1, 0.15) is 23.6 Å². The first-order valence-electron chi connectivity index (χ1n) is 4.54. The number of aromatic amines is 1. The highest BCUT2D eigenvalue weighted by Crippen LogP contribution is 2.21. The predicted molar refractivity (Wildman–Crippen MR) is 49.8 cm³/mol. The minimum Gasteiger partial charge on any atom is -0.316 e. The largest absolute Gasteiger partial charge is 0.345 e. The molecule has 0 spiro atoms. The second kappa shape index (κ2) is 3.30. The molecule has 2 N–H and O–H groups in total. The minimum absolute atomic E-state index is 0.243. The third-order valence-corrected chi connectivity index (χ3v) is 2.51. The van der Waals surface area contributed by atoms with Crippen molar-refractivity contribution in [1.29, 1.82) is 0 Å². The van der Waals surface area contributed by atoms with Gasteiger partial charge in [-0.25, -0.2) is 9.78 Å². The molecule has 1 aliphatic heterocycles. The monoisotopic (exact) mass is 179 g/mol. The first-order chi connectivity index (χ1) is 6.27. The number of hydrogen-bond acceptors (Lipinski definition) is 3. The van der Waals surface area contributed by atoms with Crippen molar-refractivity contribution in [2.24, 2.45) is 0 Å². The maximum absolute atomic E-state index is 11.0. The summed E-state index contributed by atoms with van der Waals surface area (Å²) in [6.45, 7) is 3.98. The van der Waals surface area contributed by atoms with Crippen LogP contribution in [0.25, 0.3) is 0 Å². The van der Waals surface area contributed by atoms with E-state index in [0.717, 1.165) is 30.8 Å². The molecule has 1 aromatic rings. The summed E-state index contributed by atoms with van der Waals surface area (Å²) >= 11 is 0. The molecule has 1 aliphatic rings. The maximum atomic E-state index is 11.0. The second-order valence-electron chi connectivity index (χ2n) is 3.47. The van der Waals surface area contributed by atoms with Gasteiger partial charge in [-0.3, -0.25) is 0 Å². The molecule has 0 radical (unpaired) electrons. The van der Waals surface area contributed by atoms with Crippen LogP contribution in [0.15, 0.2) is 11.0 Å². The first kappa shape index (κ1) is 8.44. The van der Waals surface area contributed by atoms with Crippen LogP contribution in [-0.4, -0.2) is 23.1 Å². The molecular formula is C9H13N3O. The summed E-state index contributed by atoms with van der Waals surface area (Å²) in [6, 6.07) is 0. The zero-order valence-corrected chi connectivity index (χ0v) is 7.63. The molecule has 4 heteroatoms. The van der Waals surface area contributed by atoms with Gasteiger partial charge in [-0.05, 0) is 25.5 Å². The van der Waals surface area contributed by atoms with Gasteiger partial charge in [0.15, 0.2) is 0 Å². The molecule has 0 amide bonds. The molecule has 2 heterocycles. The molecule has 13 heavy (non-hydrogen) atoms. The molecule has 1 unspecified atom stereocenters. The Morgan fingerprint density at radius 2 is 2.46 bits per heavy atom. The van der Waals surface area contributed by atoms with Crippen LogP contribution < -0.4 is 11.0 Å². The number of nitrogens with one attached hydrogen (secondary N) is 2. The van der Waals surface area contributed by atoms with Gasteiger partial charge in [-0.1, -0.05) is 0 Å². The van der Waals surface area contributed by atoms with E-state index >= 15 is 0 Å². The Morgan fingerprint density at radius 1 is 1.62 bits per heavy atom. The number of H-pyrrole nitrogens is 1. The molecule has 0 aromatic carbocycles. The number of rotatable bonds is 1. The van der Waals surface area contributed by atoms with Crippen LogP contribution in [0.4, 0.5) is 0 Å². The molecule has 1 saturated heterocycles. The molecule has 0 aliphatic carbocycles. The van der Waals surface area contributed by atoms with E-state index in [9.17, 15) is 4.79 Å². The lowest BCUT2D eigenvalue weighted by Gasteiger charge is -2.10. The van der Waals surface area contributed by atoms with Crippen LogP contribution in [0, 0.1) is 6.92 Å². The van der Waals surface area contributed by atoms with Crippen molar-refractivity contribution >= 4 is 0 Å². The summed E-state index contributed by atoms with van der Waals surface area (Å²) in [4.78, 5) is 17.5. The van der Waals surface area contributed by atoms with Crippen molar-refractivity contribution in [3.05, 3.63) is 27.9 Å². The number of nitrogens with zero attached hydrogens (tertiary/aromatic N) is 1. The van der Waals surface area contributed by atoms with Gasteiger partial charge in [0, 0.05) is 24.4 Å². The molecular weight excluding hydrogens is 166 g/mol. The summed E-state index contributed by atoms with van der Waals surface area (Å²) < 4.78 is 0. The topological polar surface area (TPSA) is 57.8 Å². The van der Waals surface area contributed by atoms with Crippen molar-refractivity contribution in [3.63, 3.8) is 0 Å². The third kappa shape index (κ3) is 1.62. The number of hydrogen-bond donors (Lipinski definition) is 2. The van der Waals surface area contributed by atoms with Crippen molar-refractivity contribution in [3.8, 4) is 0 Å². The van der Waals surface area contributed by atoms with Crippen LogP contribution in [0.3, 0.4) is 0 Å². The number of aromatic nitrogens is 2. The Kier molecular flexibility index (Phi) is 2.14. The lowest BCUT2D eigenvalue weighted by Crippen LogP contribution is -2.17. The normalized spacial score (nSPS) is 22.1. The molecule has 0 bridgehead atoms. The summed E-state index contributed by atoms with van der Waals surface area (Å²) in [5.74, 6) is 0.454. The molecule has 2 rings (SSSR count). The molecule has 1 atom stereocenters. The average Bonchev–Trinajstić information content (AvgIpc) is 2.61. The van der Waals surface area contributed by atoms with Crippen LogP contribution in [-0.2, 0) is 0 Å². The summed E-state index contributed by atoms with van der Waals surface area (Å²) in [6.07, 6.45) is 2.74. The Balaban J connectivity index is 2.37. The predicted octanol–water partition coefficient (Wildman–Crippen LogP) is 0.155. The zero-order chi connectivity index (χ0) is 9.26. The van der Waals surface area contributed by atoms with Crippen molar-refractivity contribution in [2.75, 3.05) is 13.1 Å². The summed E-state index contributed by atoms with van der Waals surface area (Å²) in [7, 11) is 0. The van der Waals surface area contributed by atoms with E-state index in [1.807, 2.05) is 6.92 Å². The molecule has 1 aromatic heterocycles. The van der Waals surface area contributed by atoms with Gasteiger partial charge in [-0.15, -0.1) is 0 Å². The van der Waals surface area contributed by atoms with Gasteiger partial charge in [-0.2, -0.15) is 0 Å². The van der Waals surface area contributed by atoms with E-state index in [0.29, 0.717) is 5.92 Å². The van der Waals surface area contributed by atoms with Gasteiger partial charge in [0.2, 0.25) is 0 Å². The zero-order valence-electron chi connectivity index (χ0n) is 7.63. The van der Waals surface area contributed by atoms with E-state index in [2.05, 4.69) is 15.3 Å². The maximum Gasteiger partial charge on any atom is 0.345 e. The second-order valence-corrected chi connectivity index (χ2v) is 3.47. The summed E-state index contributed by atoms with van der Waals surface area (Å²) in [5, 5.41) is 3.28. The van der Waals surface area contributed by atoms with Gasteiger partial charge in [0.1, 0.15) is 0 Å². The highest BCUT2D eigenvalue weighted by Gasteiger charge is 2.19. The number of aryl methyl sites for hydroxylation is 1. The van der Waals surface area contributed by atoms with E-state index in [-0.39, 0.29) is 5.69 Å². The molecule has 0 saturated carbocycles. The highest BCUT2D eigenvalue weighted by molar-refractivity contribution is 5.19. The Hall–Kier alpha value is -1.16. The van der Waals surface area contributed by atoms with Crippen LogP contribution in [0.2, 0.25) is 0 Å². The third-order valence-electron chi connectivity index (χ3n) is 2.51. The Bertz CT molecular complexity index is 352. The van der Waals surface area contributed by atoms with Crippen LogP contribution in [0.5, 0.6) is 0 Å². The average molecular weight is 179 g/mol. The van der Waals surface area contributed by atoms with Gasteiger partial charge in [0.25, 0.3) is 0 Å². The first-order valence-corrected chi connectivity index (χ1v) is 4.54. The van der Waals surface area contributed by atoms with E-state index in [1.54, 1.807) is 6.20 Å². The Morgan fingerprint density at radius 3 is 3.15 bits per heavy atom. The van der Waals surface area contributed by atoms with E-state index in [1.165, 1.54) is 0 Å². The van der Waals surface area contributed by atoms with Crippen molar-refractivity contribution in [1.82, 2.24) is 15.3 Å². The standard InChI is InChI=1S/C9H13N3O/c1-6-4-11-9(13)12-8(6)7-2-3-10-5-7/h4,7,10H,2-3,5H2,1H3,(H,11,12,13). The minimum atomic E-state index is -0.243. The Labute approximate surface area is 76.4 Å². The van der Waals surface area contributed by atoms with Crippen molar-refractivity contribution in [2.45, 2.75) is 19.3 Å². The SMILES string of the molecule is Cc1cnc(=O)[nH]c1C1CCNC1. The fourth-order valence-electron chi connectivity index (χ4n) is 1.80. The lowest BCUT2D eigenvalue weighted by atomic mass is 10.0. The molecule has 1 fully saturated rings. The van der Waals surface area contributed by atoms with Gasteiger partial charge in [0.05, 0.1) is 0 Å². The smallest absolute Gasteiger partial charge is 0.316 e. The van der Waals surface area contributed by atoms with Gasteiger partial charge >= 0.3 is 5.69 Å². The van der Waals surface area contributed by atoms with Crippen LogP contribution >= 0.6 is 0 Å². The van der Waals surface area contributed by atoms with Crippen molar-refractivity contribution < 1.29 is 0 Å². The lowest BCUT2D eigenvalue weighted by molar-refractivity contribution is 0.716.